The molecule has 0 spiro atoms. The van der Waals surface area contributed by atoms with Crippen LogP contribution in [-0.4, -0.2) is 19.3 Å². The van der Waals surface area contributed by atoms with Crippen molar-refractivity contribution in [1.82, 2.24) is 4.98 Å². The van der Waals surface area contributed by atoms with E-state index in [2.05, 4.69) is 31.0 Å². The van der Waals surface area contributed by atoms with Crippen LogP contribution in [0.25, 0.3) is 0 Å². The summed E-state index contributed by atoms with van der Waals surface area (Å²) in [5, 5.41) is 2.76. The summed E-state index contributed by atoms with van der Waals surface area (Å²) >= 11 is 3.35. The van der Waals surface area contributed by atoms with Gasteiger partial charge in [-0.2, -0.15) is 0 Å². The average molecular weight is 446 g/mol. The van der Waals surface area contributed by atoms with E-state index in [1.165, 1.54) is 18.3 Å². The molecule has 6 nitrogen and oxygen atoms in total. The summed E-state index contributed by atoms with van der Waals surface area (Å²) < 4.78 is 28.1. The molecule has 1 heterocycles. The number of sulfonamides is 1. The number of hydrogen-bond donors (Lipinski definition) is 2. The quantitative estimate of drug-likeness (QED) is 0.603. The number of pyridine rings is 1. The number of hydrogen-bond acceptors (Lipinski definition) is 4. The summed E-state index contributed by atoms with van der Waals surface area (Å²) in [7, 11) is -3.74. The van der Waals surface area contributed by atoms with Gasteiger partial charge in [-0.05, 0) is 54.1 Å². The number of aromatic nitrogens is 1. The molecule has 0 radical (unpaired) electrons. The third-order valence-electron chi connectivity index (χ3n) is 3.63. The minimum atomic E-state index is -3.74. The molecule has 3 rings (SSSR count). The molecule has 0 saturated heterocycles. The van der Waals surface area contributed by atoms with Gasteiger partial charge in [-0.25, -0.2) is 13.4 Å². The van der Waals surface area contributed by atoms with Crippen LogP contribution in [0.2, 0.25) is 0 Å². The molecule has 0 aliphatic carbocycles. The number of carbonyl (C=O) groups excluding carboxylic acids is 1. The first-order valence-electron chi connectivity index (χ1n) is 8.01. The Morgan fingerprint density at radius 2 is 1.67 bits per heavy atom. The highest BCUT2D eigenvalue weighted by molar-refractivity contribution is 9.10. The molecular weight excluding hydrogens is 430 g/mol. The van der Waals surface area contributed by atoms with E-state index in [1.54, 1.807) is 30.3 Å². The van der Waals surface area contributed by atoms with E-state index in [4.69, 9.17) is 0 Å². The number of carbonyl (C=O) groups is 1. The maximum absolute atomic E-state index is 12.4. The van der Waals surface area contributed by atoms with Crippen molar-refractivity contribution in [1.29, 1.82) is 0 Å². The largest absolute Gasteiger partial charge is 0.326 e. The summed E-state index contributed by atoms with van der Waals surface area (Å²) in [5.74, 6) is 0.0592. The van der Waals surface area contributed by atoms with Crippen LogP contribution in [0.3, 0.4) is 0 Å². The summed E-state index contributed by atoms with van der Waals surface area (Å²) in [5.41, 5.74) is 1.41. The number of amides is 1. The van der Waals surface area contributed by atoms with Crippen molar-refractivity contribution >= 4 is 43.4 Å². The lowest BCUT2D eigenvalue weighted by Crippen LogP contribution is -2.15. The third kappa shape index (κ3) is 5.38. The Kier molecular flexibility index (Phi) is 5.88. The molecule has 0 bridgehead atoms. The van der Waals surface area contributed by atoms with E-state index >= 15 is 0 Å². The minimum absolute atomic E-state index is 0.0825. The van der Waals surface area contributed by atoms with Crippen molar-refractivity contribution in [2.24, 2.45) is 0 Å². The molecule has 0 fully saturated rings. The Labute approximate surface area is 165 Å². The first-order chi connectivity index (χ1) is 12.9. The van der Waals surface area contributed by atoms with Crippen molar-refractivity contribution in [3.63, 3.8) is 0 Å². The monoisotopic (exact) mass is 445 g/mol. The first kappa shape index (κ1) is 19.1. The van der Waals surface area contributed by atoms with Gasteiger partial charge in [0.25, 0.3) is 10.0 Å². The number of nitrogens with zero attached hydrogens (tertiary/aromatic N) is 1. The summed E-state index contributed by atoms with van der Waals surface area (Å²) in [6.07, 6.45) is 1.73. The lowest BCUT2D eigenvalue weighted by atomic mass is 10.1. The zero-order valence-corrected chi connectivity index (χ0v) is 16.5. The molecule has 0 aliphatic heterocycles. The van der Waals surface area contributed by atoms with Crippen LogP contribution in [-0.2, 0) is 21.2 Å². The predicted octanol–water partition coefficient (Wildman–Crippen LogP) is 3.83. The molecule has 0 unspecified atom stereocenters. The highest BCUT2D eigenvalue weighted by Gasteiger charge is 2.14. The lowest BCUT2D eigenvalue weighted by molar-refractivity contribution is -0.115. The summed E-state index contributed by atoms with van der Waals surface area (Å²) in [6.45, 7) is 0. The first-order valence-corrected chi connectivity index (χ1v) is 10.3. The van der Waals surface area contributed by atoms with Crippen molar-refractivity contribution in [2.75, 3.05) is 10.0 Å². The average Bonchev–Trinajstić information content (AvgIpc) is 2.64. The Bertz CT molecular complexity index is 1020. The topological polar surface area (TPSA) is 88.2 Å². The van der Waals surface area contributed by atoms with Crippen molar-refractivity contribution in [3.8, 4) is 0 Å². The Balaban J connectivity index is 1.64. The van der Waals surface area contributed by atoms with Crippen LogP contribution in [0, 0.1) is 0 Å². The third-order valence-corrected chi connectivity index (χ3v) is 5.53. The summed E-state index contributed by atoms with van der Waals surface area (Å²) in [6, 6.07) is 18.4. The van der Waals surface area contributed by atoms with Gasteiger partial charge in [-0.3, -0.25) is 9.52 Å². The van der Waals surface area contributed by atoms with Gasteiger partial charge in [0.15, 0.2) is 0 Å². The van der Waals surface area contributed by atoms with Gasteiger partial charge in [0.2, 0.25) is 5.91 Å². The molecule has 1 amide bonds. The number of nitrogens with one attached hydrogen (secondary N) is 2. The van der Waals surface area contributed by atoms with E-state index in [1.807, 2.05) is 24.3 Å². The van der Waals surface area contributed by atoms with E-state index in [-0.39, 0.29) is 23.0 Å². The predicted molar refractivity (Wildman–Crippen MR) is 108 cm³/mol. The van der Waals surface area contributed by atoms with Crippen molar-refractivity contribution in [3.05, 3.63) is 83.0 Å². The maximum Gasteiger partial charge on any atom is 0.263 e. The molecule has 138 valence electrons. The fourth-order valence-electron chi connectivity index (χ4n) is 2.33. The minimum Gasteiger partial charge on any atom is -0.326 e. The van der Waals surface area contributed by atoms with Crippen molar-refractivity contribution in [2.45, 2.75) is 11.3 Å². The fraction of sp³-hybridized carbons (Fsp3) is 0.0526. The number of anilines is 2. The number of halogens is 1. The Hall–Kier alpha value is -2.71. The number of benzene rings is 2. The molecule has 8 heteroatoms. The SMILES string of the molecule is O=C(Cc1ccc(Br)cc1)Nc1ccc(S(=O)(=O)Nc2ccccn2)cc1. The van der Waals surface area contributed by atoms with E-state index in [9.17, 15) is 13.2 Å². The van der Waals surface area contributed by atoms with Crippen LogP contribution >= 0.6 is 15.9 Å². The Morgan fingerprint density at radius 1 is 0.963 bits per heavy atom. The molecule has 3 aromatic rings. The van der Waals surface area contributed by atoms with Gasteiger partial charge in [0.1, 0.15) is 5.82 Å². The molecule has 2 N–H and O–H groups in total. The molecule has 2 aromatic carbocycles. The van der Waals surface area contributed by atoms with E-state index in [0.29, 0.717) is 5.69 Å². The van der Waals surface area contributed by atoms with Gasteiger partial charge < -0.3 is 5.32 Å². The number of rotatable bonds is 6. The Morgan fingerprint density at radius 3 is 2.30 bits per heavy atom. The lowest BCUT2D eigenvalue weighted by Gasteiger charge is -2.09. The van der Waals surface area contributed by atoms with Crippen molar-refractivity contribution < 1.29 is 13.2 Å². The highest BCUT2D eigenvalue weighted by Crippen LogP contribution is 2.17. The standard InChI is InChI=1S/C19H16BrN3O3S/c20-15-6-4-14(5-7-15)13-19(24)22-16-8-10-17(11-9-16)27(25,26)23-18-3-1-2-12-21-18/h1-12H,13H2,(H,21,23)(H,22,24). The van der Waals surface area contributed by atoms with Gasteiger partial charge in [-0.15, -0.1) is 0 Å². The smallest absolute Gasteiger partial charge is 0.263 e. The second-order valence-corrected chi connectivity index (χ2v) is 8.29. The van der Waals surface area contributed by atoms with Gasteiger partial charge in [0.05, 0.1) is 11.3 Å². The summed E-state index contributed by atoms with van der Waals surface area (Å²) in [4.78, 5) is 16.2. The molecule has 1 aromatic heterocycles. The van der Waals surface area contributed by atoms with Crippen LogP contribution in [0.1, 0.15) is 5.56 Å². The zero-order chi connectivity index (χ0) is 19.3. The van der Waals surface area contributed by atoms with E-state index in [0.717, 1.165) is 10.0 Å². The molecule has 27 heavy (non-hydrogen) atoms. The molecular formula is C19H16BrN3O3S. The highest BCUT2D eigenvalue weighted by atomic mass is 79.9. The normalized spacial score (nSPS) is 11.0. The van der Waals surface area contributed by atoms with Crippen LogP contribution < -0.4 is 10.0 Å². The van der Waals surface area contributed by atoms with Crippen LogP contribution in [0.15, 0.2) is 82.3 Å². The maximum atomic E-state index is 12.4. The van der Waals surface area contributed by atoms with Gasteiger partial charge in [-0.1, -0.05) is 34.1 Å². The second-order valence-electron chi connectivity index (χ2n) is 5.70. The van der Waals surface area contributed by atoms with Crippen LogP contribution in [0.5, 0.6) is 0 Å². The van der Waals surface area contributed by atoms with Gasteiger partial charge >= 0.3 is 0 Å². The zero-order valence-electron chi connectivity index (χ0n) is 14.1. The molecule has 0 aliphatic rings. The van der Waals surface area contributed by atoms with Gasteiger partial charge in [0, 0.05) is 16.4 Å². The molecule has 0 atom stereocenters. The van der Waals surface area contributed by atoms with Crippen LogP contribution in [0.4, 0.5) is 11.5 Å². The fourth-order valence-corrected chi connectivity index (χ4v) is 3.60. The molecule has 0 saturated carbocycles. The second kappa shape index (κ2) is 8.32. The van der Waals surface area contributed by atoms with E-state index < -0.39 is 10.0 Å².